The van der Waals surface area contributed by atoms with Gasteiger partial charge in [-0.05, 0) is 101 Å². The molecule has 0 spiro atoms. The molecule has 8 N–H and O–H groups in total. The molecule has 0 aromatic heterocycles. The number of primary amides is 1. The Morgan fingerprint density at radius 1 is 0.965 bits per heavy atom. The Labute approximate surface area is 500 Å². The standard InChI is InChI=1S/C60H82ClN9O15/c1-33(2)50(66-46(71)19-12-11-15-26-70-48(73)28-35(4)54(70)76)53(75)65-41(18-16-25-63-57(62)79)52(74)64-40-22-20-39(21-23-40)55(77)68(8)37(6)56(78)84-45-31-47(72)69(9)42-29-38(30-43(82-10)49(42)61)27-34(3)17-13-14-24-60(81)32-44(83-58(80)67-60)36(5)51-59(45,7)85-51/h13-14,17,20-23,29-30,33,35-37,41,44-45,50-51,81H,11-12,15-16,18-19,24-28,31-32H2,1-10H3,(H,64,74)(H,65,75)(H,66,71)(H,67,80)(H3,62,63,79)/b14-13+,34-17+/t35?,36-,37+,41+,44+,45+,50+,51+,59+,60-/m1/s1. The minimum absolute atomic E-state index is 0.00523. The zero-order valence-electron chi connectivity index (χ0n) is 50.0. The first-order valence-corrected chi connectivity index (χ1v) is 29.1. The quantitative estimate of drug-likeness (QED) is 0.0367. The molecule has 3 saturated heterocycles. The van der Waals surface area contributed by atoms with Crippen LogP contribution < -0.4 is 42.0 Å². The van der Waals surface area contributed by atoms with Crippen LogP contribution in [0.2, 0.25) is 5.02 Å². The molecular formula is C60H82ClN9O15. The van der Waals surface area contributed by atoms with Gasteiger partial charge in [0.05, 0.1) is 25.3 Å². The number of halogens is 1. The van der Waals surface area contributed by atoms with E-state index in [0.29, 0.717) is 37.1 Å². The first-order valence-electron chi connectivity index (χ1n) is 28.8. The maximum atomic E-state index is 14.4. The minimum atomic E-state index is -1.66. The fourth-order valence-electron chi connectivity index (χ4n) is 10.7. The Balaban J connectivity index is 1.12. The number of ether oxygens (including phenoxy) is 4. The number of esters is 1. The number of rotatable bonds is 21. The molecule has 4 bridgehead atoms. The summed E-state index contributed by atoms with van der Waals surface area (Å²) in [6, 6.07) is 5.11. The number of likely N-dealkylation sites (N-methyl/N-ethyl adjacent to an activating group) is 1. The number of carbonyl (C=O) groups excluding carboxylic acids is 10. The number of carbonyl (C=O) groups is 10. The van der Waals surface area contributed by atoms with Crippen molar-refractivity contribution in [3.05, 3.63) is 76.3 Å². The summed E-state index contributed by atoms with van der Waals surface area (Å²) in [6.45, 7) is 12.4. The number of urea groups is 1. The molecule has 1 unspecified atom stereocenters. The highest BCUT2D eigenvalue weighted by molar-refractivity contribution is 6.35. The van der Waals surface area contributed by atoms with E-state index in [9.17, 15) is 53.1 Å². The van der Waals surface area contributed by atoms with Crippen molar-refractivity contribution >= 4 is 82.4 Å². The number of unbranched alkanes of at least 4 members (excludes halogenated alkanes) is 2. The first kappa shape index (κ1) is 66.6. The van der Waals surface area contributed by atoms with Gasteiger partial charge in [-0.1, -0.05) is 69.5 Å². The largest absolute Gasteiger partial charge is 0.495 e. The van der Waals surface area contributed by atoms with E-state index in [0.717, 1.165) is 16.0 Å². The van der Waals surface area contributed by atoms with Gasteiger partial charge in [-0.3, -0.25) is 43.8 Å². The number of amides is 10. The van der Waals surface area contributed by atoms with Crippen molar-refractivity contribution in [3.63, 3.8) is 0 Å². The number of imide groups is 1. The second-order valence-electron chi connectivity index (χ2n) is 23.2. The fraction of sp³-hybridized carbons (Fsp3) is 0.567. The van der Waals surface area contributed by atoms with E-state index in [2.05, 4.69) is 26.6 Å². The van der Waals surface area contributed by atoms with Crippen molar-refractivity contribution in [1.82, 2.24) is 31.1 Å². The van der Waals surface area contributed by atoms with Crippen LogP contribution in [-0.4, -0.2) is 156 Å². The number of nitrogens with zero attached hydrogens (tertiary/aromatic N) is 3. The molecule has 10 amide bonds. The molecule has 3 fully saturated rings. The van der Waals surface area contributed by atoms with E-state index < -0.39 is 114 Å². The van der Waals surface area contributed by atoms with Gasteiger partial charge in [0, 0.05) is 76.0 Å². The predicted molar refractivity (Wildman–Crippen MR) is 314 cm³/mol. The highest BCUT2D eigenvalue weighted by Gasteiger charge is 2.64. The third-order valence-corrected chi connectivity index (χ3v) is 16.5. The van der Waals surface area contributed by atoms with Crippen molar-refractivity contribution < 1.29 is 72.0 Å². The van der Waals surface area contributed by atoms with Gasteiger partial charge in [0.1, 0.15) is 52.4 Å². The Morgan fingerprint density at radius 2 is 1.67 bits per heavy atom. The number of aliphatic hydroxyl groups is 1. The van der Waals surface area contributed by atoms with Gasteiger partial charge in [0.25, 0.3) is 5.91 Å². The Hall–Kier alpha value is -7.57. The molecule has 0 aliphatic carbocycles. The lowest BCUT2D eigenvalue weighted by atomic mass is 9.84. The summed E-state index contributed by atoms with van der Waals surface area (Å²) < 4.78 is 23.8. The lowest BCUT2D eigenvalue weighted by Crippen LogP contribution is -2.57. The first-order chi connectivity index (χ1) is 40.1. The minimum Gasteiger partial charge on any atom is -0.495 e. The summed E-state index contributed by atoms with van der Waals surface area (Å²) in [5.41, 5.74) is 4.65. The zero-order valence-corrected chi connectivity index (χ0v) is 50.8. The van der Waals surface area contributed by atoms with E-state index >= 15 is 0 Å². The van der Waals surface area contributed by atoms with Crippen LogP contribution in [0.4, 0.5) is 21.0 Å². The second kappa shape index (κ2) is 29.0. The van der Waals surface area contributed by atoms with Crippen LogP contribution in [0.3, 0.4) is 0 Å². The Bertz CT molecular complexity index is 2920. The number of fused-ring (bicyclic) bond motifs is 5. The highest BCUT2D eigenvalue weighted by atomic mass is 35.5. The van der Waals surface area contributed by atoms with Gasteiger partial charge >= 0.3 is 18.1 Å². The molecular weight excluding hydrogens is 1120 g/mol. The van der Waals surface area contributed by atoms with Crippen LogP contribution in [0.15, 0.2) is 60.2 Å². The number of methoxy groups -OCH3 is 1. The van der Waals surface area contributed by atoms with Crippen LogP contribution in [0.5, 0.6) is 5.75 Å². The summed E-state index contributed by atoms with van der Waals surface area (Å²) in [7, 11) is 4.39. The number of nitrogens with one attached hydrogen (secondary N) is 5. The van der Waals surface area contributed by atoms with E-state index in [-0.39, 0.29) is 85.6 Å². The third-order valence-electron chi connectivity index (χ3n) is 16.1. The molecule has 6 rings (SSSR count). The van der Waals surface area contributed by atoms with Crippen LogP contribution in [-0.2, 0) is 54.2 Å². The van der Waals surface area contributed by atoms with E-state index in [1.807, 2.05) is 13.0 Å². The number of anilines is 2. The van der Waals surface area contributed by atoms with Gasteiger partial charge < -0.3 is 60.9 Å². The zero-order chi connectivity index (χ0) is 62.7. The smallest absolute Gasteiger partial charge is 0.409 e. The van der Waals surface area contributed by atoms with Crippen molar-refractivity contribution in [1.29, 1.82) is 0 Å². The maximum absolute atomic E-state index is 14.4. The average molecular weight is 1200 g/mol. The summed E-state index contributed by atoms with van der Waals surface area (Å²) in [5.74, 6) is -5.04. The third kappa shape index (κ3) is 17.3. The van der Waals surface area contributed by atoms with Crippen molar-refractivity contribution in [2.75, 3.05) is 44.5 Å². The normalized spacial score (nSPS) is 25.4. The summed E-state index contributed by atoms with van der Waals surface area (Å²) in [4.78, 5) is 136. The molecule has 4 aliphatic heterocycles. The molecule has 24 nitrogen and oxygen atoms in total. The van der Waals surface area contributed by atoms with Crippen LogP contribution in [0.25, 0.3) is 0 Å². The number of allylic oxidation sites excluding steroid dienone is 3. The fourth-order valence-corrected chi connectivity index (χ4v) is 11.0. The predicted octanol–water partition coefficient (Wildman–Crippen LogP) is 5.17. The molecule has 0 radical (unpaired) electrons. The number of likely N-dealkylation sites (tertiary alicyclic amines) is 1. The van der Waals surface area contributed by atoms with Gasteiger partial charge in [0.15, 0.2) is 0 Å². The molecule has 0 saturated carbocycles. The van der Waals surface area contributed by atoms with Gasteiger partial charge in [-0.2, -0.15) is 0 Å². The molecule has 25 heteroatoms. The van der Waals surface area contributed by atoms with Gasteiger partial charge in [-0.15, -0.1) is 0 Å². The number of benzene rings is 2. The summed E-state index contributed by atoms with van der Waals surface area (Å²) in [6.07, 6.45) is 3.89. The highest BCUT2D eigenvalue weighted by Crippen LogP contribution is 2.49. The molecule has 2 aromatic carbocycles. The lowest BCUT2D eigenvalue weighted by Gasteiger charge is -2.39. The molecule has 4 heterocycles. The molecule has 2 aromatic rings. The average Bonchev–Trinajstić information content (AvgIpc) is 1.93. The van der Waals surface area contributed by atoms with Crippen molar-refractivity contribution in [3.8, 4) is 5.75 Å². The number of alkyl carbamates (subject to hydrolysis) is 1. The van der Waals surface area contributed by atoms with Gasteiger partial charge in [-0.25, -0.2) is 14.4 Å². The summed E-state index contributed by atoms with van der Waals surface area (Å²) >= 11 is 6.83. The van der Waals surface area contributed by atoms with E-state index in [1.54, 1.807) is 58.9 Å². The number of hydrogen-bond donors (Lipinski definition) is 7. The number of nitrogens with two attached hydrogens (primary N) is 1. The molecule has 4 aliphatic rings. The summed E-state index contributed by atoms with van der Waals surface area (Å²) in [5, 5.41) is 25.0. The molecule has 464 valence electrons. The van der Waals surface area contributed by atoms with E-state index in [1.165, 1.54) is 62.2 Å². The Morgan fingerprint density at radius 3 is 2.32 bits per heavy atom. The van der Waals surface area contributed by atoms with Crippen LogP contribution in [0, 0.1) is 17.8 Å². The second-order valence-corrected chi connectivity index (χ2v) is 23.5. The van der Waals surface area contributed by atoms with E-state index in [4.69, 9.17) is 36.3 Å². The lowest BCUT2D eigenvalue weighted by molar-refractivity contribution is -0.158. The van der Waals surface area contributed by atoms with Gasteiger partial charge in [0.2, 0.25) is 35.4 Å². The molecule has 10 atom stereocenters. The number of hydrogen-bond acceptors (Lipinski definition) is 15. The van der Waals surface area contributed by atoms with Crippen molar-refractivity contribution in [2.45, 2.75) is 167 Å². The topological polar surface area (TPSA) is 327 Å². The van der Waals surface area contributed by atoms with Crippen molar-refractivity contribution in [2.24, 2.45) is 23.5 Å². The monoisotopic (exact) mass is 1200 g/mol. The SMILES string of the molecule is COc1cc2cc(c1Cl)N(C)C(=O)C[C@H](OC(=O)[C@H](C)N(C)C(=O)c1ccc(NC(=O)[C@H](CCCNC(N)=O)NC(=O)[C@@H](NC(=O)CCCCCN3C(=O)CC(C)C3=O)C(C)C)cc1)[C@]1(C)O[C@H]1[C@H](C)[C@@H]1C[C@](O)(C/C=C/C=C(\C)C2)NC(=O)O1. The van der Waals surface area contributed by atoms with Crippen LogP contribution in [0.1, 0.15) is 129 Å². The van der Waals surface area contributed by atoms with Crippen LogP contribution >= 0.6 is 11.6 Å². The number of epoxide rings is 1. The molecule has 85 heavy (non-hydrogen) atoms. The Kier molecular flexibility index (Phi) is 22.7. The maximum Gasteiger partial charge on any atom is 0.409 e.